The third kappa shape index (κ3) is 6.11. The Hall–Kier alpha value is -2.47. The molecule has 1 atom stereocenters. The molecule has 0 bridgehead atoms. The average Bonchev–Trinajstić information content (AvgIpc) is 2.63. The molecule has 6 heteroatoms. The summed E-state index contributed by atoms with van der Waals surface area (Å²) in [6.45, 7) is 3.90. The smallest absolute Gasteiger partial charge is 0.234 e. The van der Waals surface area contributed by atoms with Crippen molar-refractivity contribution in [2.24, 2.45) is 0 Å². The van der Waals surface area contributed by atoms with E-state index in [1.165, 1.54) is 11.8 Å². The summed E-state index contributed by atoms with van der Waals surface area (Å²) < 4.78 is 5.32. The maximum Gasteiger partial charge on any atom is 0.234 e. The first-order valence-corrected chi connectivity index (χ1v) is 9.51. The van der Waals surface area contributed by atoms with E-state index in [9.17, 15) is 9.59 Å². The number of carbonyl (C=O) groups excluding carboxylic acids is 2. The van der Waals surface area contributed by atoms with Crippen LogP contribution in [-0.4, -0.2) is 30.4 Å². The van der Waals surface area contributed by atoms with Crippen LogP contribution in [-0.2, 0) is 9.59 Å². The molecule has 0 aliphatic carbocycles. The minimum atomic E-state index is -0.166. The van der Waals surface area contributed by atoms with Crippen molar-refractivity contribution in [2.75, 3.05) is 23.9 Å². The second-order valence-electron chi connectivity index (χ2n) is 5.94. The number of ether oxygens (including phenoxy) is 1. The monoisotopic (exact) mass is 372 g/mol. The van der Waals surface area contributed by atoms with Crippen LogP contribution in [0.25, 0.3) is 0 Å². The van der Waals surface area contributed by atoms with Crippen LogP contribution in [0.15, 0.2) is 48.5 Å². The van der Waals surface area contributed by atoms with Crippen molar-refractivity contribution >= 4 is 29.3 Å². The highest BCUT2D eigenvalue weighted by molar-refractivity contribution is 8.00. The minimum Gasteiger partial charge on any atom is -0.496 e. The van der Waals surface area contributed by atoms with Crippen molar-refractivity contribution in [3.63, 3.8) is 0 Å². The van der Waals surface area contributed by atoms with Gasteiger partial charge in [-0.1, -0.05) is 35.9 Å². The Bertz CT molecular complexity index is 747. The van der Waals surface area contributed by atoms with Gasteiger partial charge in [0.25, 0.3) is 0 Å². The van der Waals surface area contributed by atoms with Crippen LogP contribution in [0.2, 0.25) is 0 Å². The molecule has 0 aliphatic heterocycles. The summed E-state index contributed by atoms with van der Waals surface area (Å²) in [5.41, 5.74) is 2.82. The number of thioether (sulfide) groups is 1. The maximum atomic E-state index is 12.1. The van der Waals surface area contributed by atoms with Crippen molar-refractivity contribution in [1.29, 1.82) is 0 Å². The molecule has 1 unspecified atom stereocenters. The van der Waals surface area contributed by atoms with E-state index >= 15 is 0 Å². The largest absolute Gasteiger partial charge is 0.496 e. The zero-order valence-electron chi connectivity index (χ0n) is 15.2. The Kier molecular flexibility index (Phi) is 7.53. The highest BCUT2D eigenvalue weighted by atomic mass is 32.2. The highest BCUT2D eigenvalue weighted by Crippen LogP contribution is 2.24. The Morgan fingerprint density at radius 2 is 1.69 bits per heavy atom. The van der Waals surface area contributed by atoms with Gasteiger partial charge in [0.15, 0.2) is 0 Å². The van der Waals surface area contributed by atoms with E-state index in [-0.39, 0.29) is 29.4 Å². The lowest BCUT2D eigenvalue weighted by molar-refractivity contribution is -0.119. The summed E-state index contributed by atoms with van der Waals surface area (Å²) in [7, 11) is 1.61. The predicted molar refractivity (Wildman–Crippen MR) is 107 cm³/mol. The van der Waals surface area contributed by atoms with E-state index in [1.807, 2.05) is 62.4 Å². The van der Waals surface area contributed by atoms with Gasteiger partial charge in [-0.15, -0.1) is 11.8 Å². The Balaban J connectivity index is 1.74. The second kappa shape index (κ2) is 9.87. The second-order valence-corrected chi connectivity index (χ2v) is 6.92. The first kappa shape index (κ1) is 19.8. The van der Waals surface area contributed by atoms with E-state index < -0.39 is 0 Å². The van der Waals surface area contributed by atoms with E-state index in [0.29, 0.717) is 0 Å². The average molecular weight is 372 g/mol. The van der Waals surface area contributed by atoms with Gasteiger partial charge in [0.05, 0.1) is 24.7 Å². The number of hydrogen-bond acceptors (Lipinski definition) is 4. The molecule has 0 aromatic heterocycles. The van der Waals surface area contributed by atoms with Crippen molar-refractivity contribution in [3.8, 4) is 5.75 Å². The van der Waals surface area contributed by atoms with Gasteiger partial charge in [0, 0.05) is 11.3 Å². The fraction of sp³-hybridized carbons (Fsp3) is 0.300. The number of carbonyl (C=O) groups is 2. The molecule has 0 saturated carbocycles. The fourth-order valence-electron chi connectivity index (χ4n) is 2.46. The zero-order valence-corrected chi connectivity index (χ0v) is 16.1. The van der Waals surface area contributed by atoms with Crippen LogP contribution in [0.5, 0.6) is 5.75 Å². The molecule has 5 nitrogen and oxygen atoms in total. The predicted octanol–water partition coefficient (Wildman–Crippen LogP) is 3.55. The Labute approximate surface area is 158 Å². The summed E-state index contributed by atoms with van der Waals surface area (Å²) in [5, 5.41) is 5.75. The summed E-state index contributed by atoms with van der Waals surface area (Å²) in [6.07, 6.45) is 0. The van der Waals surface area contributed by atoms with Gasteiger partial charge in [-0.3, -0.25) is 9.59 Å². The van der Waals surface area contributed by atoms with Crippen LogP contribution in [0, 0.1) is 6.92 Å². The van der Waals surface area contributed by atoms with Crippen molar-refractivity contribution in [2.45, 2.75) is 19.9 Å². The molecule has 0 fully saturated rings. The van der Waals surface area contributed by atoms with Crippen LogP contribution < -0.4 is 15.4 Å². The molecule has 0 radical (unpaired) electrons. The summed E-state index contributed by atoms with van der Waals surface area (Å²) >= 11 is 1.28. The summed E-state index contributed by atoms with van der Waals surface area (Å²) in [4.78, 5) is 24.0. The van der Waals surface area contributed by atoms with Gasteiger partial charge >= 0.3 is 0 Å². The molecule has 2 N–H and O–H groups in total. The molecular formula is C20H24N2O3S. The van der Waals surface area contributed by atoms with Gasteiger partial charge in [0.2, 0.25) is 11.8 Å². The van der Waals surface area contributed by atoms with Gasteiger partial charge < -0.3 is 15.4 Å². The molecule has 0 saturated heterocycles. The maximum absolute atomic E-state index is 12.1. The molecule has 2 aromatic rings. The van der Waals surface area contributed by atoms with Gasteiger partial charge in [0.1, 0.15) is 5.75 Å². The number of rotatable bonds is 8. The van der Waals surface area contributed by atoms with Gasteiger partial charge in [-0.05, 0) is 32.0 Å². The van der Waals surface area contributed by atoms with Gasteiger partial charge in [-0.2, -0.15) is 0 Å². The number of para-hydroxylation sites is 1. The molecule has 0 spiro atoms. The number of methoxy groups -OCH3 is 1. The first-order valence-electron chi connectivity index (χ1n) is 8.36. The highest BCUT2D eigenvalue weighted by Gasteiger charge is 2.14. The van der Waals surface area contributed by atoms with Crippen LogP contribution in [0.3, 0.4) is 0 Å². The number of aryl methyl sites for hydroxylation is 1. The number of amides is 2. The third-order valence-corrected chi connectivity index (χ3v) is 4.72. The normalized spacial score (nSPS) is 11.5. The number of benzene rings is 2. The summed E-state index contributed by atoms with van der Waals surface area (Å²) in [5.74, 6) is 0.955. The molecule has 2 amide bonds. The molecule has 0 aliphatic rings. The molecular weight excluding hydrogens is 348 g/mol. The molecule has 2 rings (SSSR count). The third-order valence-electron chi connectivity index (χ3n) is 3.78. The molecule has 2 aromatic carbocycles. The first-order chi connectivity index (χ1) is 12.5. The van der Waals surface area contributed by atoms with Crippen molar-refractivity contribution in [1.82, 2.24) is 5.32 Å². The lowest BCUT2D eigenvalue weighted by Gasteiger charge is -2.17. The number of nitrogens with one attached hydrogen (secondary N) is 2. The topological polar surface area (TPSA) is 67.4 Å². The number of anilines is 1. The number of hydrogen-bond donors (Lipinski definition) is 2. The Morgan fingerprint density at radius 3 is 2.38 bits per heavy atom. The zero-order chi connectivity index (χ0) is 18.9. The molecule has 26 heavy (non-hydrogen) atoms. The van der Waals surface area contributed by atoms with Crippen LogP contribution in [0.1, 0.15) is 24.1 Å². The Morgan fingerprint density at radius 1 is 1.04 bits per heavy atom. The SMILES string of the molecule is COc1ccccc1C(C)NC(=O)CSCC(=O)Nc1ccc(C)cc1. The van der Waals surface area contributed by atoms with Crippen molar-refractivity contribution in [3.05, 3.63) is 59.7 Å². The quantitative estimate of drug-likeness (QED) is 0.744. The lowest BCUT2D eigenvalue weighted by atomic mass is 10.1. The van der Waals surface area contributed by atoms with E-state index in [0.717, 1.165) is 22.6 Å². The summed E-state index contributed by atoms with van der Waals surface area (Å²) in [6, 6.07) is 15.0. The minimum absolute atomic E-state index is 0.114. The van der Waals surface area contributed by atoms with Gasteiger partial charge in [-0.25, -0.2) is 0 Å². The van der Waals surface area contributed by atoms with E-state index in [2.05, 4.69) is 10.6 Å². The molecule has 138 valence electrons. The van der Waals surface area contributed by atoms with Crippen LogP contribution in [0.4, 0.5) is 5.69 Å². The van der Waals surface area contributed by atoms with Crippen molar-refractivity contribution < 1.29 is 14.3 Å². The van der Waals surface area contributed by atoms with Crippen LogP contribution >= 0.6 is 11.8 Å². The lowest BCUT2D eigenvalue weighted by Crippen LogP contribution is -2.29. The fourth-order valence-corrected chi connectivity index (χ4v) is 3.08. The van der Waals surface area contributed by atoms with E-state index in [4.69, 9.17) is 4.74 Å². The standard InChI is InChI=1S/C20H24N2O3S/c1-14-8-10-16(11-9-14)22-20(24)13-26-12-19(23)21-15(2)17-6-4-5-7-18(17)25-3/h4-11,15H,12-13H2,1-3H3,(H,21,23)(H,22,24). The van der Waals surface area contributed by atoms with E-state index in [1.54, 1.807) is 7.11 Å². The molecule has 0 heterocycles.